The van der Waals surface area contributed by atoms with Crippen LogP contribution in [0.1, 0.15) is 15.9 Å². The lowest BCUT2D eigenvalue weighted by Crippen LogP contribution is -2.03. The summed E-state index contributed by atoms with van der Waals surface area (Å²) in [5.41, 5.74) is 0.817. The van der Waals surface area contributed by atoms with Crippen LogP contribution in [0.3, 0.4) is 0 Å². The van der Waals surface area contributed by atoms with Crippen molar-refractivity contribution in [3.05, 3.63) is 53.6 Å². The molecule has 2 aromatic rings. The molecule has 0 spiro atoms. The van der Waals surface area contributed by atoms with Crippen molar-refractivity contribution < 1.29 is 32.5 Å². The van der Waals surface area contributed by atoms with Gasteiger partial charge in [0.1, 0.15) is 11.5 Å². The second-order valence-corrected chi connectivity index (χ2v) is 5.05. The first kappa shape index (κ1) is 19.2. The molecule has 5 nitrogen and oxygen atoms in total. The first-order valence-corrected chi connectivity index (χ1v) is 7.55. The third kappa shape index (κ3) is 4.72. The molecule has 0 atom stereocenters. The van der Waals surface area contributed by atoms with Crippen molar-refractivity contribution in [2.75, 3.05) is 21.3 Å². The molecular weight excluding hydrogens is 346 g/mol. The highest BCUT2D eigenvalue weighted by Gasteiger charge is 2.13. The molecule has 0 N–H and O–H groups in total. The van der Waals surface area contributed by atoms with Gasteiger partial charge in [0.25, 0.3) is 0 Å². The van der Waals surface area contributed by atoms with Crippen LogP contribution in [0.25, 0.3) is 6.08 Å². The number of halogens is 2. The van der Waals surface area contributed by atoms with E-state index in [9.17, 15) is 13.6 Å². The van der Waals surface area contributed by atoms with Crippen molar-refractivity contribution in [1.29, 1.82) is 0 Å². The van der Waals surface area contributed by atoms with Crippen molar-refractivity contribution in [2.24, 2.45) is 0 Å². The van der Waals surface area contributed by atoms with Gasteiger partial charge in [-0.3, -0.25) is 4.79 Å². The summed E-state index contributed by atoms with van der Waals surface area (Å²) in [7, 11) is 4.30. The number of allylic oxidation sites excluding steroid dienone is 1. The van der Waals surface area contributed by atoms with Gasteiger partial charge in [0.2, 0.25) is 0 Å². The number of hydrogen-bond donors (Lipinski definition) is 0. The van der Waals surface area contributed by atoms with Crippen LogP contribution < -0.4 is 18.9 Å². The molecule has 7 heteroatoms. The van der Waals surface area contributed by atoms with Crippen molar-refractivity contribution in [1.82, 2.24) is 0 Å². The number of carbonyl (C=O) groups is 1. The number of methoxy groups -OCH3 is 3. The van der Waals surface area contributed by atoms with Crippen LogP contribution in [0.5, 0.6) is 23.0 Å². The van der Waals surface area contributed by atoms with Gasteiger partial charge in [-0.25, -0.2) is 0 Å². The minimum absolute atomic E-state index is 0.115. The van der Waals surface area contributed by atoms with Gasteiger partial charge < -0.3 is 18.9 Å². The summed E-state index contributed by atoms with van der Waals surface area (Å²) in [5, 5.41) is 0. The summed E-state index contributed by atoms with van der Waals surface area (Å²) in [6.45, 7) is -2.98. The minimum Gasteiger partial charge on any atom is -0.497 e. The number of ether oxygens (including phenoxy) is 4. The Labute approximate surface area is 149 Å². The van der Waals surface area contributed by atoms with Gasteiger partial charge >= 0.3 is 6.61 Å². The standard InChI is InChI=1S/C19H18F2O5/c1-23-13-6-9-16(24-2)14(11-13)15(22)7-4-12-5-8-17(25-3)18(10-12)26-19(20)21/h4-11,19H,1-3H3/b7-4+. The first-order valence-electron chi connectivity index (χ1n) is 7.55. The Kier molecular flexibility index (Phi) is 6.54. The van der Waals surface area contributed by atoms with Gasteiger partial charge in [-0.15, -0.1) is 0 Å². The van der Waals surface area contributed by atoms with Crippen LogP contribution in [0.4, 0.5) is 8.78 Å². The van der Waals surface area contributed by atoms with Crippen molar-refractivity contribution >= 4 is 11.9 Å². The Hall–Kier alpha value is -3.09. The Morgan fingerprint density at radius 3 is 2.23 bits per heavy atom. The molecule has 0 saturated carbocycles. The Morgan fingerprint density at radius 2 is 1.62 bits per heavy atom. The van der Waals surface area contributed by atoms with E-state index in [1.807, 2.05) is 0 Å². The van der Waals surface area contributed by atoms with Crippen LogP contribution in [0, 0.1) is 0 Å². The lowest BCUT2D eigenvalue weighted by molar-refractivity contribution is -0.0512. The van der Waals surface area contributed by atoms with Crippen LogP contribution in [0.15, 0.2) is 42.5 Å². The Balaban J connectivity index is 2.28. The summed E-state index contributed by atoms with van der Waals surface area (Å²) in [6, 6.07) is 9.32. The fourth-order valence-electron chi connectivity index (χ4n) is 2.25. The van der Waals surface area contributed by atoms with Crippen LogP contribution >= 0.6 is 0 Å². The van der Waals surface area contributed by atoms with Crippen molar-refractivity contribution in [3.63, 3.8) is 0 Å². The molecular formula is C19H18F2O5. The van der Waals surface area contributed by atoms with Crippen molar-refractivity contribution in [2.45, 2.75) is 6.61 Å². The molecule has 0 bridgehead atoms. The zero-order valence-corrected chi connectivity index (χ0v) is 14.5. The Morgan fingerprint density at radius 1 is 0.923 bits per heavy atom. The fraction of sp³-hybridized carbons (Fsp3) is 0.211. The summed E-state index contributed by atoms with van der Waals surface area (Å²) in [6.07, 6.45) is 2.80. The lowest BCUT2D eigenvalue weighted by Gasteiger charge is -2.10. The van der Waals surface area contributed by atoms with Crippen LogP contribution in [0.2, 0.25) is 0 Å². The average Bonchev–Trinajstić information content (AvgIpc) is 2.65. The van der Waals surface area contributed by atoms with E-state index in [1.54, 1.807) is 24.3 Å². The zero-order chi connectivity index (χ0) is 19.1. The molecule has 2 rings (SSSR count). The second-order valence-electron chi connectivity index (χ2n) is 5.05. The SMILES string of the molecule is COc1ccc(OC)c(C(=O)/C=C/c2ccc(OC)c(OC(F)F)c2)c1. The van der Waals surface area contributed by atoms with E-state index in [-0.39, 0.29) is 17.3 Å². The van der Waals surface area contributed by atoms with E-state index in [1.165, 1.54) is 45.6 Å². The topological polar surface area (TPSA) is 54.0 Å². The maximum atomic E-state index is 12.5. The molecule has 0 heterocycles. The van der Waals surface area contributed by atoms with E-state index in [0.717, 1.165) is 0 Å². The molecule has 0 saturated heterocycles. The highest BCUT2D eigenvalue weighted by molar-refractivity contribution is 6.08. The molecule has 0 unspecified atom stereocenters. The number of hydrogen-bond acceptors (Lipinski definition) is 5. The molecule has 2 aromatic carbocycles. The van der Waals surface area contributed by atoms with E-state index in [4.69, 9.17) is 14.2 Å². The Bertz CT molecular complexity index is 803. The second kappa shape index (κ2) is 8.84. The number of carbonyl (C=O) groups excluding carboxylic acids is 1. The molecule has 0 aliphatic carbocycles. The predicted molar refractivity (Wildman–Crippen MR) is 92.5 cm³/mol. The van der Waals surface area contributed by atoms with E-state index in [2.05, 4.69) is 4.74 Å². The van der Waals surface area contributed by atoms with Gasteiger partial charge in [-0.2, -0.15) is 8.78 Å². The maximum Gasteiger partial charge on any atom is 0.387 e. The summed E-state index contributed by atoms with van der Waals surface area (Å²) >= 11 is 0. The zero-order valence-electron chi connectivity index (χ0n) is 14.5. The fourth-order valence-corrected chi connectivity index (χ4v) is 2.25. The van der Waals surface area contributed by atoms with E-state index in [0.29, 0.717) is 22.6 Å². The molecule has 0 amide bonds. The summed E-state index contributed by atoms with van der Waals surface area (Å²) in [5.74, 6) is 0.642. The average molecular weight is 364 g/mol. The quantitative estimate of drug-likeness (QED) is 0.519. The number of alkyl halides is 2. The molecule has 0 aliphatic heterocycles. The molecule has 26 heavy (non-hydrogen) atoms. The maximum absolute atomic E-state index is 12.5. The van der Waals surface area contributed by atoms with Gasteiger partial charge in [0.05, 0.1) is 26.9 Å². The van der Waals surface area contributed by atoms with Gasteiger partial charge in [-0.05, 0) is 42.0 Å². The monoisotopic (exact) mass is 364 g/mol. The van der Waals surface area contributed by atoms with E-state index >= 15 is 0 Å². The van der Waals surface area contributed by atoms with E-state index < -0.39 is 6.61 Å². The predicted octanol–water partition coefficient (Wildman–Crippen LogP) is 4.21. The lowest BCUT2D eigenvalue weighted by atomic mass is 10.1. The third-order valence-electron chi connectivity index (χ3n) is 3.50. The number of ketones is 1. The molecule has 138 valence electrons. The molecule has 0 radical (unpaired) electrons. The first-order chi connectivity index (χ1) is 12.5. The summed E-state index contributed by atoms with van der Waals surface area (Å²) < 4.78 is 44.7. The highest BCUT2D eigenvalue weighted by Crippen LogP contribution is 2.30. The van der Waals surface area contributed by atoms with Gasteiger partial charge in [0, 0.05) is 0 Å². The van der Waals surface area contributed by atoms with Gasteiger partial charge in [0.15, 0.2) is 17.3 Å². The third-order valence-corrected chi connectivity index (χ3v) is 3.50. The highest BCUT2D eigenvalue weighted by atomic mass is 19.3. The number of rotatable bonds is 8. The minimum atomic E-state index is -2.98. The van der Waals surface area contributed by atoms with Crippen molar-refractivity contribution in [3.8, 4) is 23.0 Å². The summed E-state index contributed by atoms with van der Waals surface area (Å²) in [4.78, 5) is 12.5. The molecule has 0 aliphatic rings. The van der Waals surface area contributed by atoms with Crippen LogP contribution in [-0.2, 0) is 0 Å². The largest absolute Gasteiger partial charge is 0.497 e. The smallest absolute Gasteiger partial charge is 0.387 e. The molecule has 0 fully saturated rings. The van der Waals surface area contributed by atoms with Crippen LogP contribution in [-0.4, -0.2) is 33.7 Å². The number of benzene rings is 2. The normalized spacial score (nSPS) is 10.8. The molecule has 0 aromatic heterocycles. The van der Waals surface area contributed by atoms with Gasteiger partial charge in [-0.1, -0.05) is 12.1 Å².